The number of nitrogens with zero attached hydrogens (tertiary/aromatic N) is 1. The molecule has 0 fully saturated rings. The molecule has 1 aliphatic heterocycles. The Hall–Kier alpha value is -3.45. The Morgan fingerprint density at radius 2 is 1.72 bits per heavy atom. The Kier molecular flexibility index (Phi) is 6.92. The van der Waals surface area contributed by atoms with Gasteiger partial charge in [-0.3, -0.25) is 14.5 Å². The molecule has 0 radical (unpaired) electrons. The standard InChI is InChI=1S/C29H25BrFNO4/c1-2-3-4-5-16-35-22-13-6-18(7-14-22)26-25-27(33)23-17-20(31)10-15-24(23)36-28(25)29(34)32(26)21-11-8-19(30)9-12-21/h6-15,17,26H,2-5,16H2,1H3. The van der Waals surface area contributed by atoms with Crippen LogP contribution in [-0.4, -0.2) is 12.5 Å². The highest BCUT2D eigenvalue weighted by molar-refractivity contribution is 9.10. The number of unbranched alkanes of at least 4 members (excludes halogenated alkanes) is 3. The molecule has 1 unspecified atom stereocenters. The summed E-state index contributed by atoms with van der Waals surface area (Å²) >= 11 is 3.43. The first kappa shape index (κ1) is 24.3. The Balaban J connectivity index is 1.57. The largest absolute Gasteiger partial charge is 0.494 e. The number of benzene rings is 3. The molecule has 5 nitrogen and oxygen atoms in total. The molecule has 0 bridgehead atoms. The molecule has 2 heterocycles. The molecular formula is C29H25BrFNO4. The van der Waals surface area contributed by atoms with Crippen LogP contribution in [0.15, 0.2) is 80.4 Å². The lowest BCUT2D eigenvalue weighted by atomic mass is 9.98. The fraction of sp³-hybridized carbons (Fsp3) is 0.241. The molecule has 0 saturated carbocycles. The Morgan fingerprint density at radius 1 is 0.972 bits per heavy atom. The summed E-state index contributed by atoms with van der Waals surface area (Å²) < 4.78 is 26.6. The topological polar surface area (TPSA) is 59.8 Å². The quantitative estimate of drug-likeness (QED) is 0.215. The molecule has 1 aromatic heterocycles. The van der Waals surface area contributed by atoms with Gasteiger partial charge in [0.2, 0.25) is 5.76 Å². The number of hydrogen-bond donors (Lipinski definition) is 0. The number of ether oxygens (including phenoxy) is 1. The number of carbonyl (C=O) groups is 1. The summed E-state index contributed by atoms with van der Waals surface area (Å²) in [7, 11) is 0. The first-order chi connectivity index (χ1) is 17.5. The smallest absolute Gasteiger partial charge is 0.295 e. The second-order valence-electron chi connectivity index (χ2n) is 8.85. The normalized spacial score (nSPS) is 14.9. The maximum absolute atomic E-state index is 14.0. The van der Waals surface area contributed by atoms with Gasteiger partial charge in [-0.25, -0.2) is 4.39 Å². The minimum atomic E-state index is -0.726. The number of rotatable bonds is 8. The lowest BCUT2D eigenvalue weighted by Gasteiger charge is -2.25. The van der Waals surface area contributed by atoms with Crippen LogP contribution in [-0.2, 0) is 0 Å². The van der Waals surface area contributed by atoms with Crippen molar-refractivity contribution in [2.24, 2.45) is 0 Å². The van der Waals surface area contributed by atoms with Crippen LogP contribution >= 0.6 is 15.9 Å². The predicted molar refractivity (Wildman–Crippen MR) is 141 cm³/mol. The van der Waals surface area contributed by atoms with Crippen LogP contribution < -0.4 is 15.1 Å². The van der Waals surface area contributed by atoms with E-state index in [4.69, 9.17) is 9.15 Å². The zero-order valence-corrected chi connectivity index (χ0v) is 21.4. The molecule has 5 rings (SSSR count). The van der Waals surface area contributed by atoms with Crippen LogP contribution in [0, 0.1) is 5.82 Å². The minimum absolute atomic E-state index is 0.0247. The van der Waals surface area contributed by atoms with Crippen molar-refractivity contribution in [1.82, 2.24) is 0 Å². The molecule has 36 heavy (non-hydrogen) atoms. The van der Waals surface area contributed by atoms with Crippen LogP contribution in [0.2, 0.25) is 0 Å². The summed E-state index contributed by atoms with van der Waals surface area (Å²) in [4.78, 5) is 28.7. The van der Waals surface area contributed by atoms with Crippen LogP contribution in [0.1, 0.15) is 60.3 Å². The van der Waals surface area contributed by atoms with Gasteiger partial charge in [0.25, 0.3) is 5.91 Å². The van der Waals surface area contributed by atoms with Gasteiger partial charge in [-0.1, -0.05) is 54.2 Å². The molecule has 0 saturated heterocycles. The van der Waals surface area contributed by atoms with E-state index in [0.717, 1.165) is 34.7 Å². The van der Waals surface area contributed by atoms with Gasteiger partial charge in [-0.05, 0) is 66.6 Å². The average molecular weight is 550 g/mol. The first-order valence-electron chi connectivity index (χ1n) is 12.1. The second-order valence-corrected chi connectivity index (χ2v) is 9.76. The van der Waals surface area contributed by atoms with Crippen molar-refractivity contribution in [3.8, 4) is 5.75 Å². The van der Waals surface area contributed by atoms with E-state index in [0.29, 0.717) is 12.3 Å². The molecule has 1 atom stereocenters. The highest BCUT2D eigenvalue weighted by atomic mass is 79.9. The van der Waals surface area contributed by atoms with Crippen LogP contribution in [0.4, 0.5) is 10.1 Å². The van der Waals surface area contributed by atoms with Gasteiger partial charge >= 0.3 is 0 Å². The predicted octanol–water partition coefficient (Wildman–Crippen LogP) is 7.40. The molecule has 7 heteroatoms. The lowest BCUT2D eigenvalue weighted by molar-refractivity contribution is 0.0971. The third kappa shape index (κ3) is 4.55. The van der Waals surface area contributed by atoms with Gasteiger partial charge in [0.1, 0.15) is 17.1 Å². The summed E-state index contributed by atoms with van der Waals surface area (Å²) in [6.07, 6.45) is 4.47. The van der Waals surface area contributed by atoms with Crippen molar-refractivity contribution in [3.05, 3.63) is 104 Å². The summed E-state index contributed by atoms with van der Waals surface area (Å²) in [5.41, 5.74) is 1.31. The molecule has 1 aliphatic rings. The van der Waals surface area contributed by atoms with Crippen LogP contribution in [0.3, 0.4) is 0 Å². The van der Waals surface area contributed by atoms with Crippen molar-refractivity contribution < 1.29 is 18.3 Å². The Morgan fingerprint density at radius 3 is 2.44 bits per heavy atom. The van der Waals surface area contributed by atoms with E-state index in [1.807, 2.05) is 36.4 Å². The van der Waals surface area contributed by atoms with Gasteiger partial charge in [0, 0.05) is 10.2 Å². The maximum atomic E-state index is 14.0. The lowest BCUT2D eigenvalue weighted by Crippen LogP contribution is -2.29. The van der Waals surface area contributed by atoms with Crippen LogP contribution in [0.5, 0.6) is 5.75 Å². The molecule has 3 aromatic carbocycles. The van der Waals surface area contributed by atoms with Gasteiger partial charge in [0.05, 0.1) is 23.6 Å². The number of carbonyl (C=O) groups excluding carboxylic acids is 1. The molecule has 4 aromatic rings. The number of hydrogen-bond acceptors (Lipinski definition) is 4. The van der Waals surface area contributed by atoms with Gasteiger partial charge in [0.15, 0.2) is 5.43 Å². The molecule has 1 amide bonds. The number of anilines is 1. The zero-order valence-electron chi connectivity index (χ0n) is 19.8. The maximum Gasteiger partial charge on any atom is 0.295 e. The third-order valence-electron chi connectivity index (χ3n) is 6.40. The third-order valence-corrected chi connectivity index (χ3v) is 6.93. The molecule has 184 valence electrons. The van der Waals surface area contributed by atoms with E-state index in [1.165, 1.54) is 25.0 Å². The van der Waals surface area contributed by atoms with E-state index < -0.39 is 23.2 Å². The fourth-order valence-electron chi connectivity index (χ4n) is 4.59. The van der Waals surface area contributed by atoms with Crippen LogP contribution in [0.25, 0.3) is 11.0 Å². The highest BCUT2D eigenvalue weighted by Gasteiger charge is 2.43. The highest BCUT2D eigenvalue weighted by Crippen LogP contribution is 2.41. The van der Waals surface area contributed by atoms with Crippen molar-refractivity contribution in [2.45, 2.75) is 38.6 Å². The average Bonchev–Trinajstić information content (AvgIpc) is 3.18. The first-order valence-corrected chi connectivity index (χ1v) is 12.9. The van der Waals surface area contributed by atoms with E-state index >= 15 is 0 Å². The number of amides is 1. The van der Waals surface area contributed by atoms with E-state index in [-0.39, 0.29) is 22.3 Å². The second kappa shape index (κ2) is 10.3. The molecule has 0 N–H and O–H groups in total. The Bertz CT molecular complexity index is 1460. The van der Waals surface area contributed by atoms with E-state index in [1.54, 1.807) is 17.0 Å². The SMILES string of the molecule is CCCCCCOc1ccc(C2c3c(oc4ccc(F)cc4c3=O)C(=O)N2c2ccc(Br)cc2)cc1. The van der Waals surface area contributed by atoms with E-state index in [9.17, 15) is 14.0 Å². The van der Waals surface area contributed by atoms with Gasteiger partial charge in [-0.15, -0.1) is 0 Å². The number of fused-ring (bicyclic) bond motifs is 2. The Labute approximate surface area is 216 Å². The summed E-state index contributed by atoms with van der Waals surface area (Å²) in [6, 6.07) is 17.7. The number of halogens is 2. The molecule has 0 spiro atoms. The van der Waals surface area contributed by atoms with Crippen molar-refractivity contribution in [2.75, 3.05) is 11.5 Å². The van der Waals surface area contributed by atoms with E-state index in [2.05, 4.69) is 22.9 Å². The van der Waals surface area contributed by atoms with Gasteiger partial charge in [-0.2, -0.15) is 0 Å². The van der Waals surface area contributed by atoms with Gasteiger partial charge < -0.3 is 9.15 Å². The molecule has 0 aliphatic carbocycles. The fourth-order valence-corrected chi connectivity index (χ4v) is 4.86. The molecular weight excluding hydrogens is 525 g/mol. The van der Waals surface area contributed by atoms with Crippen molar-refractivity contribution in [1.29, 1.82) is 0 Å². The summed E-state index contributed by atoms with van der Waals surface area (Å²) in [5, 5.41) is 0.108. The monoisotopic (exact) mass is 549 g/mol. The van der Waals surface area contributed by atoms with Crippen molar-refractivity contribution >= 4 is 38.5 Å². The zero-order chi connectivity index (χ0) is 25.2. The summed E-state index contributed by atoms with van der Waals surface area (Å²) in [5.74, 6) is -0.261. The summed E-state index contributed by atoms with van der Waals surface area (Å²) in [6.45, 7) is 2.80. The minimum Gasteiger partial charge on any atom is -0.494 e. The van der Waals surface area contributed by atoms with Crippen molar-refractivity contribution in [3.63, 3.8) is 0 Å².